The van der Waals surface area contributed by atoms with Crippen molar-refractivity contribution < 1.29 is 5.21 Å². The average Bonchev–Trinajstić information content (AvgIpc) is 2.71. The highest BCUT2D eigenvalue weighted by Crippen LogP contribution is 2.26. The minimum absolute atomic E-state index is 0.291. The number of oxime groups is 1. The largest absolute Gasteiger partial charge is 0.409 e. The Labute approximate surface area is 114 Å². The average molecular weight is 264 g/mol. The number of aryl methyl sites for hydroxylation is 2. The molecule has 2 rings (SSSR count). The second kappa shape index (κ2) is 5.23. The molecule has 0 unspecified atom stereocenters. The highest BCUT2D eigenvalue weighted by molar-refractivity contribution is 5.85. The monoisotopic (exact) mass is 264 g/mol. The summed E-state index contributed by atoms with van der Waals surface area (Å²) >= 11 is 0. The van der Waals surface area contributed by atoms with Gasteiger partial charge in [-0.15, -0.1) is 0 Å². The fraction of sp³-hybridized carbons (Fsp3) is 0.714. The van der Waals surface area contributed by atoms with Crippen molar-refractivity contribution in [3.63, 3.8) is 0 Å². The Hall–Kier alpha value is -1.52. The first-order valence-corrected chi connectivity index (χ1v) is 6.98. The van der Waals surface area contributed by atoms with Gasteiger partial charge in [-0.3, -0.25) is 0 Å². The number of fused-ring (bicyclic) bond motifs is 1. The van der Waals surface area contributed by atoms with Gasteiger partial charge in [0.2, 0.25) is 0 Å². The summed E-state index contributed by atoms with van der Waals surface area (Å²) in [4.78, 5) is 4.67. The first-order valence-electron chi connectivity index (χ1n) is 6.98. The molecule has 0 bridgehead atoms. The van der Waals surface area contributed by atoms with Crippen molar-refractivity contribution >= 4 is 5.84 Å². The molecule has 19 heavy (non-hydrogen) atoms. The minimum Gasteiger partial charge on any atom is -0.409 e. The third kappa shape index (κ3) is 2.74. The quantitative estimate of drug-likeness (QED) is 0.379. The molecule has 5 nitrogen and oxygen atoms in total. The van der Waals surface area contributed by atoms with Crippen molar-refractivity contribution in [3.05, 3.63) is 17.2 Å². The van der Waals surface area contributed by atoms with Crippen molar-refractivity contribution in [1.82, 2.24) is 9.55 Å². The van der Waals surface area contributed by atoms with Crippen LogP contribution in [0.5, 0.6) is 0 Å². The van der Waals surface area contributed by atoms with Crippen molar-refractivity contribution in [2.45, 2.75) is 59.4 Å². The highest BCUT2D eigenvalue weighted by atomic mass is 16.4. The third-order valence-electron chi connectivity index (χ3n) is 4.19. The standard InChI is InChI=1S/C14H24N4O/c1-10-16-11-6-4-5-7-12(11)18(10)9-8-14(2,3)13(15)17-19/h19H,4-9H2,1-3H3,(H2,15,17). The Morgan fingerprint density at radius 2 is 2.11 bits per heavy atom. The number of aromatic nitrogens is 2. The molecule has 5 heteroatoms. The molecule has 0 aliphatic heterocycles. The topological polar surface area (TPSA) is 76.4 Å². The van der Waals surface area contributed by atoms with E-state index >= 15 is 0 Å². The fourth-order valence-corrected chi connectivity index (χ4v) is 2.69. The lowest BCUT2D eigenvalue weighted by Gasteiger charge is -2.24. The van der Waals surface area contributed by atoms with Crippen molar-refractivity contribution in [2.75, 3.05) is 0 Å². The SMILES string of the molecule is Cc1nc2c(n1CCC(C)(C)C(N)=NO)CCCC2. The Morgan fingerprint density at radius 1 is 1.42 bits per heavy atom. The predicted molar refractivity (Wildman–Crippen MR) is 75.4 cm³/mol. The van der Waals surface area contributed by atoms with Gasteiger partial charge in [0.15, 0.2) is 0 Å². The first kappa shape index (κ1) is 13.9. The maximum atomic E-state index is 8.82. The molecule has 0 spiro atoms. The Kier molecular flexibility index (Phi) is 3.83. The molecule has 0 fully saturated rings. The molecule has 1 aliphatic rings. The summed E-state index contributed by atoms with van der Waals surface area (Å²) in [5.41, 5.74) is 8.10. The molecule has 106 valence electrons. The van der Waals surface area contributed by atoms with Crippen molar-refractivity contribution in [1.29, 1.82) is 0 Å². The van der Waals surface area contributed by atoms with E-state index in [1.807, 2.05) is 13.8 Å². The second-order valence-electron chi connectivity index (χ2n) is 6.03. The van der Waals surface area contributed by atoms with Crippen LogP contribution < -0.4 is 5.73 Å². The van der Waals surface area contributed by atoms with Gasteiger partial charge in [-0.05, 0) is 39.0 Å². The summed E-state index contributed by atoms with van der Waals surface area (Å²) in [7, 11) is 0. The predicted octanol–water partition coefficient (Wildman–Crippen LogP) is 2.23. The smallest absolute Gasteiger partial charge is 0.144 e. The number of imidazole rings is 1. The molecule has 0 radical (unpaired) electrons. The van der Waals surface area contributed by atoms with Gasteiger partial charge in [-0.2, -0.15) is 0 Å². The van der Waals surface area contributed by atoms with Crippen LogP contribution in [0.15, 0.2) is 5.16 Å². The number of hydrogen-bond donors (Lipinski definition) is 2. The summed E-state index contributed by atoms with van der Waals surface area (Å²) in [5.74, 6) is 1.38. The molecule has 1 aromatic heterocycles. The van der Waals surface area contributed by atoms with E-state index < -0.39 is 0 Å². The molecule has 1 aliphatic carbocycles. The van der Waals surface area contributed by atoms with Gasteiger partial charge in [0.05, 0.1) is 5.69 Å². The summed E-state index contributed by atoms with van der Waals surface area (Å²) in [6, 6.07) is 0. The van der Waals surface area contributed by atoms with E-state index in [1.54, 1.807) is 0 Å². The maximum absolute atomic E-state index is 8.82. The third-order valence-corrected chi connectivity index (χ3v) is 4.19. The number of nitrogens with two attached hydrogens (primary N) is 1. The number of rotatable bonds is 4. The number of nitrogens with zero attached hydrogens (tertiary/aromatic N) is 3. The van der Waals surface area contributed by atoms with Gasteiger partial charge in [0.1, 0.15) is 11.7 Å². The Morgan fingerprint density at radius 3 is 2.79 bits per heavy atom. The van der Waals surface area contributed by atoms with E-state index in [4.69, 9.17) is 10.9 Å². The van der Waals surface area contributed by atoms with E-state index in [2.05, 4.69) is 21.6 Å². The molecule has 0 amide bonds. The fourth-order valence-electron chi connectivity index (χ4n) is 2.69. The van der Waals surface area contributed by atoms with Crippen LogP contribution in [0.4, 0.5) is 0 Å². The molecular formula is C14H24N4O. The Bertz CT molecular complexity index is 488. The lowest BCUT2D eigenvalue weighted by atomic mass is 9.88. The second-order valence-corrected chi connectivity index (χ2v) is 6.03. The molecule has 0 aromatic carbocycles. The summed E-state index contributed by atoms with van der Waals surface area (Å²) in [6.45, 7) is 6.94. The van der Waals surface area contributed by atoms with E-state index in [0.29, 0.717) is 5.84 Å². The summed E-state index contributed by atoms with van der Waals surface area (Å²) in [6.07, 6.45) is 5.57. The van der Waals surface area contributed by atoms with Gasteiger partial charge >= 0.3 is 0 Å². The van der Waals surface area contributed by atoms with Crippen LogP contribution in [0.25, 0.3) is 0 Å². The first-order chi connectivity index (χ1) is 8.95. The number of hydrogen-bond acceptors (Lipinski definition) is 3. The van der Waals surface area contributed by atoms with Crippen LogP contribution in [-0.2, 0) is 19.4 Å². The molecule has 1 aromatic rings. The molecule has 0 atom stereocenters. The minimum atomic E-state index is -0.299. The molecule has 0 saturated carbocycles. The molecule has 3 N–H and O–H groups in total. The van der Waals surface area contributed by atoms with E-state index in [-0.39, 0.29) is 5.41 Å². The summed E-state index contributed by atoms with van der Waals surface area (Å²) in [5, 5.41) is 12.0. The zero-order chi connectivity index (χ0) is 14.0. The van der Waals surface area contributed by atoms with Gasteiger partial charge in [-0.25, -0.2) is 4.98 Å². The van der Waals surface area contributed by atoms with Crippen LogP contribution in [0, 0.1) is 12.3 Å². The summed E-state index contributed by atoms with van der Waals surface area (Å²) < 4.78 is 2.31. The van der Waals surface area contributed by atoms with Crippen LogP contribution in [0.3, 0.4) is 0 Å². The lowest BCUT2D eigenvalue weighted by molar-refractivity contribution is 0.303. The highest BCUT2D eigenvalue weighted by Gasteiger charge is 2.25. The van der Waals surface area contributed by atoms with Crippen LogP contribution >= 0.6 is 0 Å². The lowest BCUT2D eigenvalue weighted by Crippen LogP contribution is -2.33. The maximum Gasteiger partial charge on any atom is 0.144 e. The zero-order valence-corrected chi connectivity index (χ0v) is 12.1. The molecule has 1 heterocycles. The van der Waals surface area contributed by atoms with E-state index in [0.717, 1.165) is 31.6 Å². The molecular weight excluding hydrogens is 240 g/mol. The normalized spacial score (nSPS) is 16.5. The van der Waals surface area contributed by atoms with E-state index in [1.165, 1.54) is 24.2 Å². The number of amidine groups is 1. The van der Waals surface area contributed by atoms with E-state index in [9.17, 15) is 0 Å². The van der Waals surface area contributed by atoms with Gasteiger partial charge < -0.3 is 15.5 Å². The Balaban J connectivity index is 2.14. The van der Waals surface area contributed by atoms with Crippen LogP contribution in [-0.4, -0.2) is 20.6 Å². The van der Waals surface area contributed by atoms with Crippen molar-refractivity contribution in [3.8, 4) is 0 Å². The van der Waals surface area contributed by atoms with Crippen LogP contribution in [0.1, 0.15) is 50.3 Å². The van der Waals surface area contributed by atoms with Gasteiger partial charge in [0, 0.05) is 17.7 Å². The molecule has 0 saturated heterocycles. The van der Waals surface area contributed by atoms with Crippen LogP contribution in [0.2, 0.25) is 0 Å². The van der Waals surface area contributed by atoms with Crippen molar-refractivity contribution in [2.24, 2.45) is 16.3 Å². The van der Waals surface area contributed by atoms with Gasteiger partial charge in [-0.1, -0.05) is 19.0 Å². The van der Waals surface area contributed by atoms with Gasteiger partial charge in [0.25, 0.3) is 0 Å². The zero-order valence-electron chi connectivity index (χ0n) is 12.1.